The second-order valence-corrected chi connectivity index (χ2v) is 9.70. The van der Waals surface area contributed by atoms with Crippen molar-refractivity contribution in [3.63, 3.8) is 0 Å². The summed E-state index contributed by atoms with van der Waals surface area (Å²) >= 11 is 0. The smallest absolute Gasteiger partial charge is 0.407 e. The predicted octanol–water partition coefficient (Wildman–Crippen LogP) is 4.01. The summed E-state index contributed by atoms with van der Waals surface area (Å²) in [5.74, 6) is 0.777. The highest BCUT2D eigenvalue weighted by Crippen LogP contribution is 2.29. The molecule has 1 aromatic carbocycles. The van der Waals surface area contributed by atoms with Crippen molar-refractivity contribution in [2.45, 2.75) is 77.1 Å². The van der Waals surface area contributed by atoms with Crippen molar-refractivity contribution in [2.24, 2.45) is 0 Å². The van der Waals surface area contributed by atoms with Gasteiger partial charge in [0.15, 0.2) is 0 Å². The highest BCUT2D eigenvalue weighted by atomic mass is 16.6. The van der Waals surface area contributed by atoms with E-state index in [1.54, 1.807) is 0 Å². The molecule has 2 atom stereocenters. The second-order valence-electron chi connectivity index (χ2n) is 9.70. The van der Waals surface area contributed by atoms with Gasteiger partial charge in [0.1, 0.15) is 11.4 Å². The highest BCUT2D eigenvalue weighted by molar-refractivity contribution is 6.07. The van der Waals surface area contributed by atoms with Crippen LogP contribution in [0.4, 0.5) is 10.6 Å². The van der Waals surface area contributed by atoms with Crippen molar-refractivity contribution < 1.29 is 14.3 Å². The first kappa shape index (κ1) is 21.4. The molecule has 2 amide bonds. The minimum Gasteiger partial charge on any atom is -0.444 e. The standard InChI is InChI=1S/C24H32N4O3/c1-15-13-17(26-23(30)31-24(2,3)4)11-12-28(15)21-14-19(22(29)25-16-9-10-16)18-7-5-6-8-20(18)27-21/h5-8,14-17H,9-13H2,1-4H3,(H,25,29)(H,26,30). The molecule has 0 radical (unpaired) electrons. The Labute approximate surface area is 183 Å². The Bertz CT molecular complexity index is 980. The van der Waals surface area contributed by atoms with Crippen LogP contribution in [0.25, 0.3) is 10.9 Å². The van der Waals surface area contributed by atoms with Crippen molar-refractivity contribution in [1.82, 2.24) is 15.6 Å². The molecule has 7 nitrogen and oxygen atoms in total. The van der Waals surface area contributed by atoms with Crippen LogP contribution in [0.15, 0.2) is 30.3 Å². The molecular weight excluding hydrogens is 392 g/mol. The molecular formula is C24H32N4O3. The molecule has 0 bridgehead atoms. The van der Waals surface area contributed by atoms with E-state index in [2.05, 4.69) is 22.5 Å². The van der Waals surface area contributed by atoms with Gasteiger partial charge in [0.2, 0.25) is 0 Å². The lowest BCUT2D eigenvalue weighted by Crippen LogP contribution is -2.50. The number of rotatable bonds is 4. The van der Waals surface area contributed by atoms with E-state index in [0.717, 1.165) is 48.9 Å². The number of amides is 2. The molecule has 2 aliphatic rings. The van der Waals surface area contributed by atoms with Crippen LogP contribution in [0, 0.1) is 0 Å². The molecule has 2 heterocycles. The maximum absolute atomic E-state index is 12.9. The van der Waals surface area contributed by atoms with Gasteiger partial charge in [-0.2, -0.15) is 0 Å². The van der Waals surface area contributed by atoms with Crippen LogP contribution in [-0.2, 0) is 4.74 Å². The van der Waals surface area contributed by atoms with Crippen molar-refractivity contribution in [2.75, 3.05) is 11.4 Å². The third-order valence-electron chi connectivity index (χ3n) is 5.75. The topological polar surface area (TPSA) is 83.6 Å². The van der Waals surface area contributed by atoms with Crippen molar-refractivity contribution in [3.05, 3.63) is 35.9 Å². The molecule has 4 rings (SSSR count). The number of fused-ring (bicyclic) bond motifs is 1. The van der Waals surface area contributed by atoms with Crippen LogP contribution in [0.3, 0.4) is 0 Å². The Balaban J connectivity index is 1.51. The number of carbonyl (C=O) groups excluding carboxylic acids is 2. The van der Waals surface area contributed by atoms with Gasteiger partial charge < -0.3 is 20.3 Å². The number of para-hydroxylation sites is 1. The Morgan fingerprint density at radius 3 is 2.52 bits per heavy atom. The monoisotopic (exact) mass is 424 g/mol. The van der Waals surface area contributed by atoms with Crippen LogP contribution < -0.4 is 15.5 Å². The molecule has 2 fully saturated rings. The molecule has 1 aliphatic heterocycles. The molecule has 2 aromatic rings. The molecule has 7 heteroatoms. The molecule has 0 spiro atoms. The maximum atomic E-state index is 12.9. The van der Waals surface area contributed by atoms with Gasteiger partial charge in [-0.05, 0) is 65.5 Å². The van der Waals surface area contributed by atoms with Crippen LogP contribution in [0.5, 0.6) is 0 Å². The van der Waals surface area contributed by atoms with E-state index in [0.29, 0.717) is 11.6 Å². The molecule has 1 aliphatic carbocycles. The third-order valence-corrected chi connectivity index (χ3v) is 5.75. The number of piperidine rings is 1. The van der Waals surface area contributed by atoms with Gasteiger partial charge in [-0.25, -0.2) is 9.78 Å². The molecule has 2 N–H and O–H groups in total. The fourth-order valence-corrected chi connectivity index (χ4v) is 4.11. The lowest BCUT2D eigenvalue weighted by molar-refractivity contribution is 0.0493. The Kier molecular flexibility index (Phi) is 5.77. The van der Waals surface area contributed by atoms with Gasteiger partial charge >= 0.3 is 6.09 Å². The van der Waals surface area contributed by atoms with Gasteiger partial charge in [-0.1, -0.05) is 18.2 Å². The number of pyridine rings is 1. The Morgan fingerprint density at radius 1 is 1.10 bits per heavy atom. The van der Waals surface area contributed by atoms with Crippen molar-refractivity contribution >= 4 is 28.7 Å². The SMILES string of the molecule is CC1CC(NC(=O)OC(C)(C)C)CCN1c1cc(C(=O)NC2CC2)c2ccccc2n1. The number of alkyl carbamates (subject to hydrolysis) is 1. The quantitative estimate of drug-likeness (QED) is 0.775. The van der Waals surface area contributed by atoms with Crippen LogP contribution in [0.1, 0.15) is 63.7 Å². The number of benzene rings is 1. The van der Waals surface area contributed by atoms with Crippen molar-refractivity contribution in [1.29, 1.82) is 0 Å². The first-order chi connectivity index (χ1) is 14.7. The summed E-state index contributed by atoms with van der Waals surface area (Å²) in [5, 5.41) is 6.97. The van der Waals surface area contributed by atoms with E-state index in [1.807, 2.05) is 51.1 Å². The van der Waals surface area contributed by atoms with Gasteiger partial charge in [0, 0.05) is 30.1 Å². The summed E-state index contributed by atoms with van der Waals surface area (Å²) in [4.78, 5) is 32.1. The Hall–Kier alpha value is -2.83. The van der Waals surface area contributed by atoms with Crippen LogP contribution in [0.2, 0.25) is 0 Å². The zero-order chi connectivity index (χ0) is 22.2. The molecule has 2 unspecified atom stereocenters. The summed E-state index contributed by atoms with van der Waals surface area (Å²) in [6, 6.07) is 10.2. The molecule has 1 saturated carbocycles. The number of nitrogens with zero attached hydrogens (tertiary/aromatic N) is 2. The van der Waals surface area contributed by atoms with E-state index in [-0.39, 0.29) is 24.1 Å². The zero-order valence-electron chi connectivity index (χ0n) is 18.8. The number of aromatic nitrogens is 1. The molecule has 1 aromatic heterocycles. The molecule has 1 saturated heterocycles. The fraction of sp³-hybridized carbons (Fsp3) is 0.542. The van der Waals surface area contributed by atoms with E-state index < -0.39 is 5.60 Å². The Morgan fingerprint density at radius 2 is 1.84 bits per heavy atom. The van der Waals surface area contributed by atoms with E-state index in [9.17, 15) is 9.59 Å². The number of carbonyl (C=O) groups is 2. The van der Waals surface area contributed by atoms with Gasteiger partial charge in [0.25, 0.3) is 5.91 Å². The summed E-state index contributed by atoms with van der Waals surface area (Å²) in [6.07, 6.45) is 3.31. The number of anilines is 1. The highest BCUT2D eigenvalue weighted by Gasteiger charge is 2.30. The summed E-state index contributed by atoms with van der Waals surface area (Å²) in [5.41, 5.74) is 0.985. The normalized spacial score (nSPS) is 21.6. The number of hydrogen-bond acceptors (Lipinski definition) is 5. The van der Waals surface area contributed by atoms with E-state index in [1.165, 1.54) is 0 Å². The first-order valence-electron chi connectivity index (χ1n) is 11.2. The lowest BCUT2D eigenvalue weighted by Gasteiger charge is -2.39. The number of nitrogens with one attached hydrogen (secondary N) is 2. The minimum absolute atomic E-state index is 0.0310. The number of ether oxygens (including phenoxy) is 1. The predicted molar refractivity (Wildman–Crippen MR) is 121 cm³/mol. The summed E-state index contributed by atoms with van der Waals surface area (Å²) < 4.78 is 5.39. The first-order valence-corrected chi connectivity index (χ1v) is 11.2. The van der Waals surface area contributed by atoms with E-state index >= 15 is 0 Å². The fourth-order valence-electron chi connectivity index (χ4n) is 4.11. The summed E-state index contributed by atoms with van der Waals surface area (Å²) in [7, 11) is 0. The second kappa shape index (κ2) is 8.36. The van der Waals surface area contributed by atoms with Crippen molar-refractivity contribution in [3.8, 4) is 0 Å². The lowest BCUT2D eigenvalue weighted by atomic mass is 9.98. The maximum Gasteiger partial charge on any atom is 0.407 e. The molecule has 31 heavy (non-hydrogen) atoms. The zero-order valence-corrected chi connectivity index (χ0v) is 18.8. The third kappa shape index (κ3) is 5.27. The largest absolute Gasteiger partial charge is 0.444 e. The van der Waals surface area contributed by atoms with Gasteiger partial charge in [0.05, 0.1) is 11.1 Å². The average Bonchev–Trinajstić information content (AvgIpc) is 3.49. The van der Waals surface area contributed by atoms with E-state index in [4.69, 9.17) is 9.72 Å². The summed E-state index contributed by atoms with van der Waals surface area (Å²) in [6.45, 7) is 8.46. The molecule has 166 valence electrons. The number of hydrogen-bond donors (Lipinski definition) is 2. The van der Waals surface area contributed by atoms with Crippen LogP contribution >= 0.6 is 0 Å². The average molecular weight is 425 g/mol. The van der Waals surface area contributed by atoms with Gasteiger partial charge in [-0.15, -0.1) is 0 Å². The van der Waals surface area contributed by atoms with Gasteiger partial charge in [-0.3, -0.25) is 4.79 Å². The minimum atomic E-state index is -0.511. The van der Waals surface area contributed by atoms with Crippen LogP contribution in [-0.4, -0.2) is 47.3 Å².